The molecule has 0 aromatic carbocycles. The van der Waals surface area contributed by atoms with E-state index >= 15 is 0 Å². The van der Waals surface area contributed by atoms with Crippen molar-refractivity contribution in [2.24, 2.45) is 5.92 Å². The van der Waals surface area contributed by atoms with E-state index in [9.17, 15) is 0 Å². The number of rotatable bonds is 5. The molecule has 0 aliphatic heterocycles. The van der Waals surface area contributed by atoms with Crippen LogP contribution in [0.2, 0.25) is 0 Å². The van der Waals surface area contributed by atoms with Gasteiger partial charge in [-0.2, -0.15) is 0 Å². The van der Waals surface area contributed by atoms with Gasteiger partial charge in [-0.15, -0.1) is 11.3 Å². The van der Waals surface area contributed by atoms with Crippen LogP contribution in [0.25, 0.3) is 0 Å². The molecule has 0 radical (unpaired) electrons. The molecular formula is C13H23N3S. The highest BCUT2D eigenvalue weighted by Crippen LogP contribution is 2.30. The van der Waals surface area contributed by atoms with E-state index < -0.39 is 0 Å². The van der Waals surface area contributed by atoms with Gasteiger partial charge in [0.1, 0.15) is 0 Å². The largest absolute Gasteiger partial charge is 0.351 e. The van der Waals surface area contributed by atoms with E-state index in [1.54, 1.807) is 0 Å². The number of hydrogen-bond acceptors (Lipinski definition) is 4. The van der Waals surface area contributed by atoms with Crippen LogP contribution in [0.15, 0.2) is 6.20 Å². The SMILES string of the molecule is CNC(C)c1cnc(N(C)CC2CCCC2)s1. The van der Waals surface area contributed by atoms with Crippen LogP contribution < -0.4 is 10.2 Å². The number of nitrogens with one attached hydrogen (secondary N) is 1. The Kier molecular flexibility index (Phi) is 4.40. The minimum absolute atomic E-state index is 0.404. The quantitative estimate of drug-likeness (QED) is 0.874. The van der Waals surface area contributed by atoms with Gasteiger partial charge >= 0.3 is 0 Å². The van der Waals surface area contributed by atoms with Crippen LogP contribution in [0.5, 0.6) is 0 Å². The van der Waals surface area contributed by atoms with Gasteiger partial charge < -0.3 is 10.2 Å². The molecule has 1 heterocycles. The lowest BCUT2D eigenvalue weighted by atomic mass is 10.1. The Morgan fingerprint density at radius 1 is 1.53 bits per heavy atom. The summed E-state index contributed by atoms with van der Waals surface area (Å²) in [6.45, 7) is 3.34. The molecule has 17 heavy (non-hydrogen) atoms. The Morgan fingerprint density at radius 3 is 2.88 bits per heavy atom. The molecule has 1 N–H and O–H groups in total. The Labute approximate surface area is 108 Å². The number of hydrogen-bond donors (Lipinski definition) is 1. The maximum Gasteiger partial charge on any atom is 0.185 e. The van der Waals surface area contributed by atoms with Crippen molar-refractivity contribution in [1.29, 1.82) is 0 Å². The third kappa shape index (κ3) is 3.19. The predicted octanol–water partition coefficient (Wildman–Crippen LogP) is 3.05. The van der Waals surface area contributed by atoms with Gasteiger partial charge in [0.25, 0.3) is 0 Å². The van der Waals surface area contributed by atoms with Gasteiger partial charge in [-0.05, 0) is 32.7 Å². The van der Waals surface area contributed by atoms with Gasteiger partial charge in [0.15, 0.2) is 5.13 Å². The molecule has 4 heteroatoms. The molecule has 1 aliphatic carbocycles. The van der Waals surface area contributed by atoms with Crippen LogP contribution in [-0.4, -0.2) is 25.6 Å². The zero-order valence-corrected chi connectivity index (χ0v) is 11.9. The van der Waals surface area contributed by atoms with Crippen LogP contribution in [0.1, 0.15) is 43.5 Å². The Morgan fingerprint density at radius 2 is 2.24 bits per heavy atom. The van der Waals surface area contributed by atoms with E-state index in [1.807, 2.05) is 24.6 Å². The van der Waals surface area contributed by atoms with Crippen LogP contribution >= 0.6 is 11.3 Å². The van der Waals surface area contributed by atoms with Crippen molar-refractivity contribution < 1.29 is 0 Å². The molecule has 0 bridgehead atoms. The van der Waals surface area contributed by atoms with Crippen molar-refractivity contribution in [2.45, 2.75) is 38.6 Å². The summed E-state index contributed by atoms with van der Waals surface area (Å²) in [5.74, 6) is 0.883. The fraction of sp³-hybridized carbons (Fsp3) is 0.769. The topological polar surface area (TPSA) is 28.2 Å². The molecule has 1 unspecified atom stereocenters. The summed E-state index contributed by atoms with van der Waals surface area (Å²) >= 11 is 1.81. The van der Waals surface area contributed by atoms with E-state index in [0.717, 1.165) is 11.0 Å². The average molecular weight is 253 g/mol. The zero-order chi connectivity index (χ0) is 12.3. The lowest BCUT2D eigenvalue weighted by Crippen LogP contribution is -2.23. The molecule has 1 aliphatic rings. The van der Waals surface area contributed by atoms with Gasteiger partial charge in [-0.25, -0.2) is 4.98 Å². The minimum Gasteiger partial charge on any atom is -0.351 e. The Bertz CT molecular complexity index is 344. The highest BCUT2D eigenvalue weighted by Gasteiger charge is 2.18. The molecule has 1 saturated carbocycles. The summed E-state index contributed by atoms with van der Waals surface area (Å²) in [7, 11) is 4.16. The van der Waals surface area contributed by atoms with E-state index in [1.165, 1.54) is 37.1 Å². The fourth-order valence-electron chi connectivity index (χ4n) is 2.45. The average Bonchev–Trinajstić information content (AvgIpc) is 2.98. The highest BCUT2D eigenvalue weighted by atomic mass is 32.1. The molecule has 0 saturated heterocycles. The van der Waals surface area contributed by atoms with E-state index in [2.05, 4.69) is 29.2 Å². The first kappa shape index (κ1) is 12.8. The molecular weight excluding hydrogens is 230 g/mol. The third-order valence-corrected chi connectivity index (χ3v) is 5.00. The van der Waals surface area contributed by atoms with Gasteiger partial charge in [0.2, 0.25) is 0 Å². The molecule has 1 atom stereocenters. The van der Waals surface area contributed by atoms with Crippen molar-refractivity contribution in [3.63, 3.8) is 0 Å². The van der Waals surface area contributed by atoms with E-state index in [4.69, 9.17) is 0 Å². The standard InChI is InChI=1S/C13H23N3S/c1-10(14-2)12-8-15-13(17-12)16(3)9-11-6-4-5-7-11/h8,10-11,14H,4-7,9H2,1-3H3. The summed E-state index contributed by atoms with van der Waals surface area (Å²) in [5.41, 5.74) is 0. The third-order valence-electron chi connectivity index (χ3n) is 3.70. The predicted molar refractivity (Wildman–Crippen MR) is 74.8 cm³/mol. The number of thiazole rings is 1. The van der Waals surface area contributed by atoms with Crippen LogP contribution in [0.3, 0.4) is 0 Å². The zero-order valence-electron chi connectivity index (χ0n) is 11.1. The number of anilines is 1. The van der Waals surface area contributed by atoms with Gasteiger partial charge in [-0.1, -0.05) is 12.8 Å². The lowest BCUT2D eigenvalue weighted by molar-refractivity contribution is 0.546. The molecule has 0 amide bonds. The minimum atomic E-state index is 0.404. The molecule has 2 rings (SSSR count). The van der Waals surface area contributed by atoms with Gasteiger partial charge in [-0.3, -0.25) is 0 Å². The van der Waals surface area contributed by atoms with Crippen LogP contribution in [0.4, 0.5) is 5.13 Å². The molecule has 3 nitrogen and oxygen atoms in total. The van der Waals surface area contributed by atoms with Gasteiger partial charge in [0.05, 0.1) is 0 Å². The summed E-state index contributed by atoms with van der Waals surface area (Å²) in [6.07, 6.45) is 7.63. The molecule has 1 fully saturated rings. The first-order chi connectivity index (χ1) is 8.20. The maximum absolute atomic E-state index is 4.53. The second-order valence-corrected chi connectivity index (χ2v) is 6.13. The summed E-state index contributed by atoms with van der Waals surface area (Å²) in [5, 5.41) is 4.42. The highest BCUT2D eigenvalue weighted by molar-refractivity contribution is 7.15. The monoisotopic (exact) mass is 253 g/mol. The second-order valence-electron chi connectivity index (χ2n) is 5.09. The van der Waals surface area contributed by atoms with Crippen molar-refractivity contribution >= 4 is 16.5 Å². The summed E-state index contributed by atoms with van der Waals surface area (Å²) in [6, 6.07) is 0.404. The fourth-order valence-corrected chi connectivity index (χ4v) is 3.40. The van der Waals surface area contributed by atoms with Crippen molar-refractivity contribution in [3.8, 4) is 0 Å². The smallest absolute Gasteiger partial charge is 0.185 e. The van der Waals surface area contributed by atoms with Crippen molar-refractivity contribution in [3.05, 3.63) is 11.1 Å². The van der Waals surface area contributed by atoms with Crippen molar-refractivity contribution in [1.82, 2.24) is 10.3 Å². The number of nitrogens with zero attached hydrogens (tertiary/aromatic N) is 2. The van der Waals surface area contributed by atoms with Crippen LogP contribution in [0, 0.1) is 5.92 Å². The summed E-state index contributed by atoms with van der Waals surface area (Å²) in [4.78, 5) is 8.18. The number of aromatic nitrogens is 1. The lowest BCUT2D eigenvalue weighted by Gasteiger charge is -2.20. The molecule has 1 aromatic rings. The molecule has 96 valence electrons. The molecule has 0 spiro atoms. The second kappa shape index (κ2) is 5.83. The van der Waals surface area contributed by atoms with E-state index in [-0.39, 0.29) is 0 Å². The summed E-state index contributed by atoms with van der Waals surface area (Å²) < 4.78 is 0. The van der Waals surface area contributed by atoms with Crippen LogP contribution in [-0.2, 0) is 0 Å². The Balaban J connectivity index is 1.94. The van der Waals surface area contributed by atoms with E-state index in [0.29, 0.717) is 6.04 Å². The molecule has 1 aromatic heterocycles. The van der Waals surface area contributed by atoms with Crippen molar-refractivity contribution in [2.75, 3.05) is 25.5 Å². The van der Waals surface area contributed by atoms with Gasteiger partial charge in [0, 0.05) is 30.7 Å². The maximum atomic E-state index is 4.53. The first-order valence-corrected chi connectivity index (χ1v) is 7.36. The normalized spacial score (nSPS) is 18.5. The Hall–Kier alpha value is -0.610. The first-order valence-electron chi connectivity index (χ1n) is 6.55.